The molecule has 138 valence electrons. The monoisotopic (exact) mass is 371 g/mol. The first-order valence-corrected chi connectivity index (χ1v) is 7.76. The Balaban J connectivity index is 1.81. The molecule has 2 aromatic carbocycles. The van der Waals surface area contributed by atoms with Gasteiger partial charge >= 0.3 is 5.97 Å². The van der Waals surface area contributed by atoms with E-state index in [1.807, 2.05) is 0 Å². The first-order chi connectivity index (χ1) is 13.0. The molecule has 0 aliphatic rings. The summed E-state index contributed by atoms with van der Waals surface area (Å²) in [6.45, 7) is 0. The van der Waals surface area contributed by atoms with Gasteiger partial charge in [-0.2, -0.15) is 0 Å². The number of benzene rings is 2. The van der Waals surface area contributed by atoms with Crippen molar-refractivity contribution < 1.29 is 18.3 Å². The molecule has 0 bridgehead atoms. The number of nitrogen functional groups attached to an aromatic ring is 1. The van der Waals surface area contributed by atoms with Gasteiger partial charge in [-0.05, 0) is 36.4 Å². The fraction of sp³-hybridized carbons (Fsp3) is 0.0556. The number of aromatic nitrogens is 2. The Hall–Kier alpha value is -3.75. The van der Waals surface area contributed by atoms with Crippen LogP contribution in [0.15, 0.2) is 48.8 Å². The lowest BCUT2D eigenvalue weighted by Gasteiger charge is -2.13. The van der Waals surface area contributed by atoms with E-state index in [-0.39, 0.29) is 23.0 Å². The van der Waals surface area contributed by atoms with Crippen molar-refractivity contribution in [2.24, 2.45) is 0 Å². The van der Waals surface area contributed by atoms with Crippen LogP contribution in [-0.2, 0) is 4.74 Å². The molecule has 0 radical (unpaired) electrons. The average molecular weight is 371 g/mol. The molecule has 0 aliphatic carbocycles. The molecule has 0 fully saturated rings. The van der Waals surface area contributed by atoms with Crippen LogP contribution in [0.5, 0.6) is 0 Å². The standard InChI is InChI=1S/C18H15F2N5O2/c1-27-18(26)10-2-5-12(6-3-10)24-16-15(21)17(23-9-22-16)25-14-7-4-11(19)8-13(14)20/h2-9H,21H2,1H3,(H2,22,23,24,25). The minimum absolute atomic E-state index is 0.0233. The second-order valence-corrected chi connectivity index (χ2v) is 5.43. The lowest BCUT2D eigenvalue weighted by Crippen LogP contribution is -2.06. The van der Waals surface area contributed by atoms with E-state index < -0.39 is 17.6 Å². The normalized spacial score (nSPS) is 10.3. The van der Waals surface area contributed by atoms with Gasteiger partial charge in [-0.25, -0.2) is 23.5 Å². The topological polar surface area (TPSA) is 102 Å². The highest BCUT2D eigenvalue weighted by molar-refractivity contribution is 5.90. The van der Waals surface area contributed by atoms with Gasteiger partial charge in [-0.1, -0.05) is 0 Å². The molecule has 3 rings (SSSR count). The molecule has 0 atom stereocenters. The van der Waals surface area contributed by atoms with Crippen LogP contribution in [0.1, 0.15) is 10.4 Å². The highest BCUT2D eigenvalue weighted by Crippen LogP contribution is 2.29. The quantitative estimate of drug-likeness (QED) is 0.589. The zero-order valence-corrected chi connectivity index (χ0v) is 14.2. The van der Waals surface area contributed by atoms with Crippen molar-refractivity contribution in [2.45, 2.75) is 0 Å². The Labute approximate surface area is 153 Å². The van der Waals surface area contributed by atoms with Crippen LogP contribution in [0.25, 0.3) is 0 Å². The Kier molecular flexibility index (Phi) is 5.11. The van der Waals surface area contributed by atoms with Gasteiger partial charge < -0.3 is 21.1 Å². The molecule has 0 spiro atoms. The summed E-state index contributed by atoms with van der Waals surface area (Å²) in [5.41, 5.74) is 7.21. The number of nitrogens with two attached hydrogens (primary N) is 1. The van der Waals surface area contributed by atoms with Gasteiger partial charge in [0.25, 0.3) is 0 Å². The lowest BCUT2D eigenvalue weighted by atomic mass is 10.2. The molecule has 1 aromatic heterocycles. The van der Waals surface area contributed by atoms with Crippen LogP contribution in [-0.4, -0.2) is 23.0 Å². The highest BCUT2D eigenvalue weighted by Gasteiger charge is 2.12. The van der Waals surface area contributed by atoms with E-state index in [4.69, 9.17) is 5.73 Å². The summed E-state index contributed by atoms with van der Waals surface area (Å²) in [6, 6.07) is 9.58. The van der Waals surface area contributed by atoms with Crippen molar-refractivity contribution in [1.82, 2.24) is 9.97 Å². The number of halogens is 2. The molecule has 9 heteroatoms. The summed E-state index contributed by atoms with van der Waals surface area (Å²) in [5, 5.41) is 5.69. The Morgan fingerprint density at radius 2 is 1.70 bits per heavy atom. The van der Waals surface area contributed by atoms with Crippen LogP contribution in [0.3, 0.4) is 0 Å². The average Bonchev–Trinajstić information content (AvgIpc) is 2.67. The van der Waals surface area contributed by atoms with Crippen LogP contribution in [0, 0.1) is 11.6 Å². The summed E-state index contributed by atoms with van der Waals surface area (Å²) < 4.78 is 31.5. The molecule has 27 heavy (non-hydrogen) atoms. The fourth-order valence-corrected chi connectivity index (χ4v) is 2.26. The van der Waals surface area contributed by atoms with E-state index in [1.54, 1.807) is 24.3 Å². The fourth-order valence-electron chi connectivity index (χ4n) is 2.26. The van der Waals surface area contributed by atoms with Crippen molar-refractivity contribution >= 4 is 34.7 Å². The van der Waals surface area contributed by atoms with E-state index in [9.17, 15) is 13.6 Å². The minimum atomic E-state index is -0.777. The van der Waals surface area contributed by atoms with Crippen LogP contribution >= 0.6 is 0 Å². The zero-order valence-electron chi connectivity index (χ0n) is 14.2. The maximum Gasteiger partial charge on any atom is 0.337 e. The maximum atomic E-state index is 13.8. The summed E-state index contributed by atoms with van der Waals surface area (Å²) in [5.74, 6) is -1.48. The number of hydrogen-bond donors (Lipinski definition) is 3. The van der Waals surface area contributed by atoms with Crippen molar-refractivity contribution in [2.75, 3.05) is 23.5 Å². The minimum Gasteiger partial charge on any atom is -0.465 e. The summed E-state index contributed by atoms with van der Waals surface area (Å²) in [6.07, 6.45) is 1.24. The Bertz CT molecular complexity index is 980. The molecule has 0 saturated carbocycles. The van der Waals surface area contributed by atoms with Crippen molar-refractivity contribution in [3.63, 3.8) is 0 Å². The zero-order chi connectivity index (χ0) is 19.4. The molecule has 3 aromatic rings. The number of carbonyl (C=O) groups excluding carboxylic acids is 1. The van der Waals surface area contributed by atoms with Gasteiger partial charge in [-0.15, -0.1) is 0 Å². The number of nitrogens with zero attached hydrogens (tertiary/aromatic N) is 2. The predicted molar refractivity (Wildman–Crippen MR) is 97.1 cm³/mol. The number of esters is 1. The van der Waals surface area contributed by atoms with Crippen molar-refractivity contribution in [3.05, 3.63) is 66.0 Å². The van der Waals surface area contributed by atoms with Gasteiger partial charge in [-0.3, -0.25) is 0 Å². The first kappa shape index (κ1) is 18.1. The van der Waals surface area contributed by atoms with Crippen molar-refractivity contribution in [1.29, 1.82) is 0 Å². The second kappa shape index (κ2) is 7.65. The van der Waals surface area contributed by atoms with E-state index in [2.05, 4.69) is 25.3 Å². The molecule has 0 unspecified atom stereocenters. The van der Waals surface area contributed by atoms with Gasteiger partial charge in [0, 0.05) is 11.8 Å². The van der Waals surface area contributed by atoms with Gasteiger partial charge in [0.15, 0.2) is 11.6 Å². The van der Waals surface area contributed by atoms with E-state index >= 15 is 0 Å². The number of rotatable bonds is 5. The third-order valence-corrected chi connectivity index (χ3v) is 3.64. The van der Waals surface area contributed by atoms with Gasteiger partial charge in [0.05, 0.1) is 18.4 Å². The molecule has 7 nitrogen and oxygen atoms in total. The van der Waals surface area contributed by atoms with E-state index in [0.717, 1.165) is 12.1 Å². The summed E-state index contributed by atoms with van der Waals surface area (Å²) >= 11 is 0. The predicted octanol–water partition coefficient (Wildman–Crippen LogP) is 3.61. The summed E-state index contributed by atoms with van der Waals surface area (Å²) in [7, 11) is 1.30. The van der Waals surface area contributed by atoms with Gasteiger partial charge in [0.1, 0.15) is 23.6 Å². The van der Waals surface area contributed by atoms with Gasteiger partial charge in [0.2, 0.25) is 0 Å². The number of hydrogen-bond acceptors (Lipinski definition) is 7. The molecule has 0 amide bonds. The molecule has 4 N–H and O–H groups in total. The smallest absolute Gasteiger partial charge is 0.337 e. The number of ether oxygens (including phenoxy) is 1. The first-order valence-electron chi connectivity index (χ1n) is 7.76. The van der Waals surface area contributed by atoms with Crippen LogP contribution in [0.2, 0.25) is 0 Å². The van der Waals surface area contributed by atoms with Crippen LogP contribution < -0.4 is 16.4 Å². The molecular formula is C18H15F2N5O2. The number of carbonyl (C=O) groups is 1. The number of anilines is 5. The molecule has 1 heterocycles. The van der Waals surface area contributed by atoms with Crippen LogP contribution in [0.4, 0.5) is 37.5 Å². The molecule has 0 saturated heterocycles. The number of nitrogens with one attached hydrogen (secondary N) is 2. The Morgan fingerprint density at radius 1 is 1.04 bits per heavy atom. The number of methoxy groups -OCH3 is 1. The largest absolute Gasteiger partial charge is 0.465 e. The lowest BCUT2D eigenvalue weighted by molar-refractivity contribution is 0.0601. The Morgan fingerprint density at radius 3 is 2.33 bits per heavy atom. The van der Waals surface area contributed by atoms with E-state index in [1.165, 1.54) is 19.5 Å². The SMILES string of the molecule is COC(=O)c1ccc(Nc2ncnc(Nc3ccc(F)cc3F)c2N)cc1. The third-order valence-electron chi connectivity index (χ3n) is 3.64. The molecular weight excluding hydrogens is 356 g/mol. The third kappa shape index (κ3) is 4.09. The molecule has 0 aliphatic heterocycles. The second-order valence-electron chi connectivity index (χ2n) is 5.43. The highest BCUT2D eigenvalue weighted by atomic mass is 19.1. The van der Waals surface area contributed by atoms with E-state index in [0.29, 0.717) is 11.3 Å². The summed E-state index contributed by atoms with van der Waals surface area (Å²) in [4.78, 5) is 19.5. The maximum absolute atomic E-state index is 13.8. The van der Waals surface area contributed by atoms with Crippen molar-refractivity contribution in [3.8, 4) is 0 Å².